The zero-order valence-corrected chi connectivity index (χ0v) is 22.3. The second-order valence-corrected chi connectivity index (χ2v) is 11.2. The van der Waals surface area contributed by atoms with E-state index >= 15 is 0 Å². The summed E-state index contributed by atoms with van der Waals surface area (Å²) in [6.07, 6.45) is 14.3. The third-order valence-corrected chi connectivity index (χ3v) is 8.63. The van der Waals surface area contributed by atoms with Gasteiger partial charge in [0.1, 0.15) is 0 Å². The summed E-state index contributed by atoms with van der Waals surface area (Å²) in [7, 11) is 0. The van der Waals surface area contributed by atoms with E-state index in [2.05, 4.69) is 69.1 Å². The molecule has 3 aromatic rings. The SMILES string of the molecule is CCC[C@@H](c1nnnn1C1CCCCC1)N(Cc1cc2cc(C)c(C)cc2[nH]c1=O)C1CCCCC1. The summed E-state index contributed by atoms with van der Waals surface area (Å²) in [5.41, 5.74) is 4.23. The summed E-state index contributed by atoms with van der Waals surface area (Å²) in [4.78, 5) is 19.1. The Morgan fingerprint density at radius 3 is 2.42 bits per heavy atom. The molecular weight excluding hydrogens is 448 g/mol. The van der Waals surface area contributed by atoms with Crippen LogP contribution in [0, 0.1) is 13.8 Å². The number of H-pyrrole nitrogens is 1. The van der Waals surface area contributed by atoms with Crippen LogP contribution >= 0.6 is 0 Å². The Balaban J connectivity index is 1.53. The molecule has 2 aliphatic carbocycles. The number of hydrogen-bond donors (Lipinski definition) is 1. The smallest absolute Gasteiger partial charge is 0.252 e. The van der Waals surface area contributed by atoms with Gasteiger partial charge in [0.05, 0.1) is 12.1 Å². The van der Waals surface area contributed by atoms with Gasteiger partial charge in [-0.25, -0.2) is 4.68 Å². The summed E-state index contributed by atoms with van der Waals surface area (Å²) in [6.45, 7) is 7.10. The molecule has 0 aliphatic heterocycles. The largest absolute Gasteiger partial charge is 0.322 e. The summed E-state index contributed by atoms with van der Waals surface area (Å²) < 4.78 is 2.14. The molecule has 0 amide bonds. The van der Waals surface area contributed by atoms with Crippen molar-refractivity contribution in [2.24, 2.45) is 0 Å². The average molecular weight is 491 g/mol. The molecule has 0 bridgehead atoms. The Hall–Kier alpha value is -2.54. The fourth-order valence-electron chi connectivity index (χ4n) is 6.46. The number of nitrogens with zero attached hydrogens (tertiary/aromatic N) is 5. The number of hydrogen-bond acceptors (Lipinski definition) is 5. The maximum absolute atomic E-state index is 13.3. The number of rotatable bonds is 8. The topological polar surface area (TPSA) is 79.7 Å². The third-order valence-electron chi connectivity index (χ3n) is 8.63. The van der Waals surface area contributed by atoms with E-state index in [4.69, 9.17) is 0 Å². The molecule has 1 aromatic carbocycles. The van der Waals surface area contributed by atoms with Crippen LogP contribution in [0.1, 0.15) is 119 Å². The minimum Gasteiger partial charge on any atom is -0.322 e. The molecule has 194 valence electrons. The zero-order chi connectivity index (χ0) is 25.1. The normalized spacial score (nSPS) is 18.8. The summed E-state index contributed by atoms with van der Waals surface area (Å²) in [6, 6.07) is 7.36. The zero-order valence-electron chi connectivity index (χ0n) is 22.3. The van der Waals surface area contributed by atoms with Crippen LogP contribution < -0.4 is 5.56 Å². The number of tetrazole rings is 1. The Bertz CT molecular complexity index is 1220. The van der Waals surface area contributed by atoms with E-state index < -0.39 is 0 Å². The van der Waals surface area contributed by atoms with Crippen LogP contribution in [0.5, 0.6) is 0 Å². The van der Waals surface area contributed by atoms with Crippen molar-refractivity contribution in [2.75, 3.05) is 0 Å². The van der Waals surface area contributed by atoms with Gasteiger partial charge in [-0.1, -0.05) is 51.9 Å². The van der Waals surface area contributed by atoms with Crippen molar-refractivity contribution in [3.05, 3.63) is 51.1 Å². The lowest BCUT2D eigenvalue weighted by Gasteiger charge is -2.40. The molecule has 5 rings (SSSR count). The predicted molar refractivity (Wildman–Crippen MR) is 144 cm³/mol. The number of pyridine rings is 1. The van der Waals surface area contributed by atoms with Crippen LogP contribution in [0.25, 0.3) is 10.9 Å². The highest BCUT2D eigenvalue weighted by atomic mass is 16.1. The highest BCUT2D eigenvalue weighted by molar-refractivity contribution is 5.80. The van der Waals surface area contributed by atoms with Crippen molar-refractivity contribution in [3.8, 4) is 0 Å². The molecule has 2 aromatic heterocycles. The van der Waals surface area contributed by atoms with Crippen LogP contribution in [-0.4, -0.2) is 36.1 Å². The quantitative estimate of drug-likeness (QED) is 0.400. The number of fused-ring (bicyclic) bond motifs is 1. The molecule has 36 heavy (non-hydrogen) atoms. The van der Waals surface area contributed by atoms with Crippen LogP contribution in [-0.2, 0) is 6.54 Å². The van der Waals surface area contributed by atoms with Gasteiger partial charge in [0, 0.05) is 23.7 Å². The molecule has 7 heteroatoms. The van der Waals surface area contributed by atoms with Gasteiger partial charge in [0.25, 0.3) is 5.56 Å². The Kier molecular flexibility index (Phi) is 7.85. The lowest BCUT2D eigenvalue weighted by molar-refractivity contribution is 0.0789. The van der Waals surface area contributed by atoms with Gasteiger partial charge in [0.15, 0.2) is 5.82 Å². The molecule has 0 spiro atoms. The Morgan fingerprint density at radius 1 is 1.00 bits per heavy atom. The van der Waals surface area contributed by atoms with Crippen molar-refractivity contribution in [2.45, 2.75) is 122 Å². The number of aromatic amines is 1. The molecule has 0 unspecified atom stereocenters. The van der Waals surface area contributed by atoms with Crippen molar-refractivity contribution in [1.82, 2.24) is 30.1 Å². The highest BCUT2D eigenvalue weighted by Gasteiger charge is 2.34. The van der Waals surface area contributed by atoms with E-state index in [1.165, 1.54) is 62.5 Å². The van der Waals surface area contributed by atoms with Gasteiger partial charge in [-0.3, -0.25) is 9.69 Å². The number of nitrogens with one attached hydrogen (secondary N) is 1. The van der Waals surface area contributed by atoms with E-state index in [0.717, 1.165) is 48.0 Å². The first-order chi connectivity index (χ1) is 17.5. The van der Waals surface area contributed by atoms with Crippen LogP contribution in [0.3, 0.4) is 0 Å². The van der Waals surface area contributed by atoms with Crippen LogP contribution in [0.4, 0.5) is 0 Å². The molecule has 0 radical (unpaired) electrons. The summed E-state index contributed by atoms with van der Waals surface area (Å²) >= 11 is 0. The van der Waals surface area contributed by atoms with Gasteiger partial charge in [-0.15, -0.1) is 5.10 Å². The van der Waals surface area contributed by atoms with E-state index in [1.807, 2.05) is 0 Å². The molecule has 2 aliphatic rings. The first-order valence-electron chi connectivity index (χ1n) is 14.2. The minimum absolute atomic E-state index is 0.0219. The van der Waals surface area contributed by atoms with Crippen LogP contribution in [0.2, 0.25) is 0 Å². The van der Waals surface area contributed by atoms with Crippen LogP contribution in [0.15, 0.2) is 23.0 Å². The van der Waals surface area contributed by atoms with Gasteiger partial charge in [-0.2, -0.15) is 0 Å². The number of benzene rings is 1. The van der Waals surface area contributed by atoms with Crippen molar-refractivity contribution < 1.29 is 0 Å². The average Bonchev–Trinajstić information content (AvgIpc) is 3.38. The second-order valence-electron chi connectivity index (χ2n) is 11.2. The summed E-state index contributed by atoms with van der Waals surface area (Å²) in [5.74, 6) is 0.998. The first-order valence-corrected chi connectivity index (χ1v) is 14.2. The maximum atomic E-state index is 13.3. The summed E-state index contributed by atoms with van der Waals surface area (Å²) in [5, 5.41) is 14.4. The Labute approximate surface area is 214 Å². The third kappa shape index (κ3) is 5.26. The predicted octanol–water partition coefficient (Wildman–Crippen LogP) is 6.31. The number of aryl methyl sites for hydroxylation is 2. The second kappa shape index (κ2) is 11.2. The van der Waals surface area contributed by atoms with E-state index in [1.54, 1.807) is 0 Å². The number of aromatic nitrogens is 5. The van der Waals surface area contributed by atoms with Gasteiger partial charge < -0.3 is 4.98 Å². The van der Waals surface area contributed by atoms with Gasteiger partial charge in [0.2, 0.25) is 0 Å². The van der Waals surface area contributed by atoms with Crippen molar-refractivity contribution in [3.63, 3.8) is 0 Å². The standard InChI is InChI=1S/C29H42N6O/c1-4-11-27(28-31-32-33-35(28)25-14-9-6-10-15-25)34(24-12-7-5-8-13-24)19-23-18-22-16-20(2)21(3)17-26(22)30-29(23)36/h16-18,24-25,27H,4-15,19H2,1-3H3,(H,30,36)/t27-/m0/s1. The lowest BCUT2D eigenvalue weighted by atomic mass is 9.91. The molecule has 1 atom stereocenters. The molecule has 7 nitrogen and oxygen atoms in total. The fourth-order valence-corrected chi connectivity index (χ4v) is 6.46. The molecule has 0 saturated heterocycles. The molecule has 2 heterocycles. The first kappa shape index (κ1) is 25.1. The maximum Gasteiger partial charge on any atom is 0.252 e. The molecule has 2 fully saturated rings. The fraction of sp³-hybridized carbons (Fsp3) is 0.655. The minimum atomic E-state index is 0.0219. The Morgan fingerprint density at radius 2 is 1.69 bits per heavy atom. The monoisotopic (exact) mass is 490 g/mol. The van der Waals surface area contributed by atoms with Gasteiger partial charge in [-0.05, 0) is 91.1 Å². The van der Waals surface area contributed by atoms with Crippen molar-refractivity contribution in [1.29, 1.82) is 0 Å². The highest BCUT2D eigenvalue weighted by Crippen LogP contribution is 2.36. The van der Waals surface area contributed by atoms with E-state index in [-0.39, 0.29) is 11.6 Å². The lowest BCUT2D eigenvalue weighted by Crippen LogP contribution is -2.41. The van der Waals surface area contributed by atoms with Crippen molar-refractivity contribution >= 4 is 10.9 Å². The van der Waals surface area contributed by atoms with E-state index in [9.17, 15) is 4.79 Å². The molecular formula is C29H42N6O. The molecule has 2 saturated carbocycles. The molecule has 1 N–H and O–H groups in total. The van der Waals surface area contributed by atoms with E-state index in [0.29, 0.717) is 18.6 Å². The van der Waals surface area contributed by atoms with Gasteiger partial charge >= 0.3 is 0 Å².